The number of aryl methyl sites for hydroxylation is 1. The number of nitrogens with one attached hydrogen (secondary N) is 1. The van der Waals surface area contributed by atoms with Crippen molar-refractivity contribution in [3.05, 3.63) is 41.7 Å². The second-order valence-corrected chi connectivity index (χ2v) is 4.25. The molecule has 1 aromatic heterocycles. The third-order valence-electron chi connectivity index (χ3n) is 1.86. The number of anilines is 1. The molecule has 5 heteroatoms. The van der Waals surface area contributed by atoms with Crippen molar-refractivity contribution in [2.75, 3.05) is 4.72 Å². The molecule has 0 amide bonds. The molecule has 15 heavy (non-hydrogen) atoms. The van der Waals surface area contributed by atoms with E-state index in [4.69, 9.17) is 11.6 Å². The van der Waals surface area contributed by atoms with Crippen LogP contribution >= 0.6 is 23.5 Å². The van der Waals surface area contributed by atoms with Crippen molar-refractivity contribution >= 4 is 29.2 Å². The standard InChI is InChI=1S/C10H10ClN3S/c1-14-6-5-12-10(14)15-13-9-4-2-3-8(11)7-9/h2-7,13H,1H3. The molecule has 2 rings (SSSR count). The van der Waals surface area contributed by atoms with E-state index < -0.39 is 0 Å². The van der Waals surface area contributed by atoms with Gasteiger partial charge < -0.3 is 9.29 Å². The van der Waals surface area contributed by atoms with Crippen LogP contribution in [0.1, 0.15) is 0 Å². The summed E-state index contributed by atoms with van der Waals surface area (Å²) in [4.78, 5) is 4.18. The van der Waals surface area contributed by atoms with Crippen LogP contribution in [0, 0.1) is 0 Å². The number of hydrogen-bond acceptors (Lipinski definition) is 3. The maximum absolute atomic E-state index is 5.87. The molecule has 1 heterocycles. The van der Waals surface area contributed by atoms with Gasteiger partial charge in [-0.3, -0.25) is 0 Å². The molecular formula is C10H10ClN3S. The van der Waals surface area contributed by atoms with E-state index in [1.807, 2.05) is 42.1 Å². The number of hydrogen-bond donors (Lipinski definition) is 1. The minimum atomic E-state index is 0.723. The average Bonchev–Trinajstić information content (AvgIpc) is 2.61. The van der Waals surface area contributed by atoms with Gasteiger partial charge in [-0.15, -0.1) is 0 Å². The van der Waals surface area contributed by atoms with Gasteiger partial charge in [-0.2, -0.15) is 0 Å². The Morgan fingerprint density at radius 3 is 3.00 bits per heavy atom. The predicted molar refractivity (Wildman–Crippen MR) is 64.1 cm³/mol. The first-order valence-electron chi connectivity index (χ1n) is 4.41. The van der Waals surface area contributed by atoms with E-state index in [-0.39, 0.29) is 0 Å². The van der Waals surface area contributed by atoms with Gasteiger partial charge in [0.1, 0.15) is 0 Å². The van der Waals surface area contributed by atoms with Crippen molar-refractivity contribution < 1.29 is 0 Å². The molecule has 0 aliphatic carbocycles. The Kier molecular flexibility index (Phi) is 3.18. The number of halogens is 1. The van der Waals surface area contributed by atoms with Gasteiger partial charge in [0.25, 0.3) is 0 Å². The summed E-state index contributed by atoms with van der Waals surface area (Å²) in [6.07, 6.45) is 3.67. The summed E-state index contributed by atoms with van der Waals surface area (Å²) in [6.45, 7) is 0. The summed E-state index contributed by atoms with van der Waals surface area (Å²) in [6, 6.07) is 7.58. The van der Waals surface area contributed by atoms with Crippen LogP contribution in [0.2, 0.25) is 5.02 Å². The van der Waals surface area contributed by atoms with Crippen LogP contribution in [0.25, 0.3) is 0 Å². The van der Waals surface area contributed by atoms with Crippen LogP contribution in [0.3, 0.4) is 0 Å². The molecule has 0 spiro atoms. The highest BCUT2D eigenvalue weighted by Gasteiger charge is 2.00. The Hall–Kier alpha value is -1.13. The Morgan fingerprint density at radius 2 is 2.33 bits per heavy atom. The summed E-state index contributed by atoms with van der Waals surface area (Å²) < 4.78 is 5.12. The molecule has 0 aliphatic heterocycles. The van der Waals surface area contributed by atoms with Gasteiger partial charge in [0.15, 0.2) is 5.16 Å². The smallest absolute Gasteiger partial charge is 0.188 e. The summed E-state index contributed by atoms with van der Waals surface area (Å²) in [5.74, 6) is 0. The zero-order valence-corrected chi connectivity index (χ0v) is 9.72. The quantitative estimate of drug-likeness (QED) is 0.835. The van der Waals surface area contributed by atoms with E-state index in [2.05, 4.69) is 9.71 Å². The third-order valence-corrected chi connectivity index (χ3v) is 3.01. The lowest BCUT2D eigenvalue weighted by atomic mass is 10.3. The van der Waals surface area contributed by atoms with Crippen LogP contribution in [-0.4, -0.2) is 9.55 Å². The lowest BCUT2D eigenvalue weighted by Gasteiger charge is -2.04. The van der Waals surface area contributed by atoms with Crippen molar-refractivity contribution in [3.63, 3.8) is 0 Å². The molecule has 0 fully saturated rings. The predicted octanol–water partition coefficient (Wildman–Crippen LogP) is 3.19. The minimum Gasteiger partial charge on any atom is -0.328 e. The first-order chi connectivity index (χ1) is 7.25. The van der Waals surface area contributed by atoms with E-state index in [1.54, 1.807) is 6.20 Å². The molecule has 3 nitrogen and oxygen atoms in total. The molecular weight excluding hydrogens is 230 g/mol. The van der Waals surface area contributed by atoms with E-state index >= 15 is 0 Å². The van der Waals surface area contributed by atoms with Crippen molar-refractivity contribution in [1.82, 2.24) is 9.55 Å². The van der Waals surface area contributed by atoms with Gasteiger partial charge in [0, 0.05) is 42.1 Å². The Morgan fingerprint density at radius 1 is 1.47 bits per heavy atom. The Bertz CT molecular complexity index is 455. The Labute approximate surface area is 97.6 Å². The Balaban J connectivity index is 2.02. The fraction of sp³-hybridized carbons (Fsp3) is 0.100. The van der Waals surface area contributed by atoms with Gasteiger partial charge in [-0.1, -0.05) is 17.7 Å². The van der Waals surface area contributed by atoms with Crippen molar-refractivity contribution in [1.29, 1.82) is 0 Å². The second kappa shape index (κ2) is 4.59. The number of imidazole rings is 1. The van der Waals surface area contributed by atoms with Crippen LogP contribution in [0.4, 0.5) is 5.69 Å². The molecule has 1 N–H and O–H groups in total. The van der Waals surface area contributed by atoms with Crippen LogP contribution in [0.15, 0.2) is 41.8 Å². The number of nitrogens with zero attached hydrogens (tertiary/aromatic N) is 2. The normalized spacial score (nSPS) is 10.3. The zero-order valence-electron chi connectivity index (χ0n) is 8.14. The highest BCUT2D eigenvalue weighted by Crippen LogP contribution is 2.21. The monoisotopic (exact) mass is 239 g/mol. The highest BCUT2D eigenvalue weighted by atomic mass is 35.5. The van der Waals surface area contributed by atoms with Crippen molar-refractivity contribution in [3.8, 4) is 0 Å². The van der Waals surface area contributed by atoms with Gasteiger partial charge in [-0.25, -0.2) is 4.98 Å². The SMILES string of the molecule is Cn1ccnc1SNc1cccc(Cl)c1. The van der Waals surface area contributed by atoms with E-state index in [9.17, 15) is 0 Å². The zero-order chi connectivity index (χ0) is 10.7. The van der Waals surface area contributed by atoms with Crippen molar-refractivity contribution in [2.24, 2.45) is 7.05 Å². The lowest BCUT2D eigenvalue weighted by Crippen LogP contribution is -1.93. The third kappa shape index (κ3) is 2.67. The molecule has 0 radical (unpaired) electrons. The number of aromatic nitrogens is 2. The summed E-state index contributed by atoms with van der Waals surface area (Å²) in [7, 11) is 1.95. The van der Waals surface area contributed by atoms with Crippen LogP contribution in [0.5, 0.6) is 0 Å². The molecule has 1 aromatic carbocycles. The molecule has 78 valence electrons. The van der Waals surface area contributed by atoms with Crippen molar-refractivity contribution in [2.45, 2.75) is 5.16 Å². The molecule has 0 unspecified atom stereocenters. The fourth-order valence-electron chi connectivity index (χ4n) is 1.11. The molecule has 0 aliphatic rings. The molecule has 0 saturated heterocycles. The summed E-state index contributed by atoms with van der Waals surface area (Å²) in [5.41, 5.74) is 0.968. The van der Waals surface area contributed by atoms with E-state index in [0.29, 0.717) is 0 Å². The molecule has 2 aromatic rings. The average molecular weight is 240 g/mol. The molecule has 0 bridgehead atoms. The maximum Gasteiger partial charge on any atom is 0.188 e. The number of benzene rings is 1. The van der Waals surface area contributed by atoms with E-state index in [1.165, 1.54) is 11.9 Å². The lowest BCUT2D eigenvalue weighted by molar-refractivity contribution is 0.791. The minimum absolute atomic E-state index is 0.723. The van der Waals surface area contributed by atoms with Crippen LogP contribution < -0.4 is 4.72 Å². The molecule has 0 atom stereocenters. The largest absolute Gasteiger partial charge is 0.328 e. The fourth-order valence-corrected chi connectivity index (χ4v) is 1.95. The number of rotatable bonds is 3. The maximum atomic E-state index is 5.87. The second-order valence-electron chi connectivity index (χ2n) is 3.04. The first-order valence-corrected chi connectivity index (χ1v) is 5.61. The summed E-state index contributed by atoms with van der Waals surface area (Å²) in [5, 5.41) is 1.63. The van der Waals surface area contributed by atoms with E-state index in [0.717, 1.165) is 15.9 Å². The molecule has 0 saturated carbocycles. The topological polar surface area (TPSA) is 29.9 Å². The van der Waals surface area contributed by atoms with Gasteiger partial charge in [-0.05, 0) is 18.2 Å². The first kappa shape index (κ1) is 10.4. The van der Waals surface area contributed by atoms with Gasteiger partial charge in [0.2, 0.25) is 0 Å². The summed E-state index contributed by atoms with van der Waals surface area (Å²) >= 11 is 7.33. The van der Waals surface area contributed by atoms with Crippen LogP contribution in [-0.2, 0) is 7.05 Å². The van der Waals surface area contributed by atoms with Gasteiger partial charge >= 0.3 is 0 Å². The highest BCUT2D eigenvalue weighted by molar-refractivity contribution is 8.00. The van der Waals surface area contributed by atoms with Gasteiger partial charge in [0.05, 0.1) is 0 Å².